The van der Waals surface area contributed by atoms with E-state index >= 15 is 0 Å². The Balaban J connectivity index is 1.15. The summed E-state index contributed by atoms with van der Waals surface area (Å²) in [6.45, 7) is 2.68. The number of oxazole rings is 1. The van der Waals surface area contributed by atoms with Gasteiger partial charge >= 0.3 is 6.09 Å². The van der Waals surface area contributed by atoms with Crippen LogP contribution in [-0.4, -0.2) is 60.0 Å². The third-order valence-electron chi connectivity index (χ3n) is 9.83. The molecule has 3 aliphatic carbocycles. The number of aromatic nitrogens is 2. The fraction of sp³-hybridized carbons (Fsp3) is 0.556. The van der Waals surface area contributed by atoms with Gasteiger partial charge < -0.3 is 29.2 Å². The van der Waals surface area contributed by atoms with Gasteiger partial charge in [0.2, 0.25) is 5.91 Å². The second kappa shape index (κ2) is 14.7. The van der Waals surface area contributed by atoms with E-state index in [9.17, 15) is 9.59 Å². The van der Waals surface area contributed by atoms with Gasteiger partial charge in [0.25, 0.3) is 0 Å². The number of nitrogens with one attached hydrogen (secondary N) is 1. The van der Waals surface area contributed by atoms with Crippen molar-refractivity contribution in [1.82, 2.24) is 15.3 Å². The molecule has 10 heteroatoms. The highest BCUT2D eigenvalue weighted by Crippen LogP contribution is 2.41. The maximum absolute atomic E-state index is 14.3. The summed E-state index contributed by atoms with van der Waals surface area (Å²) in [4.78, 5) is 37.9. The van der Waals surface area contributed by atoms with Gasteiger partial charge in [-0.15, -0.1) is 0 Å². The molecule has 3 saturated carbocycles. The maximum atomic E-state index is 14.3. The number of aryl methyl sites for hydroxylation is 1. The molecule has 0 atom stereocenters. The molecule has 0 spiro atoms. The predicted octanol–water partition coefficient (Wildman–Crippen LogP) is 6.52. The standard InChI is InChI=1S/C36H46N4O6/c1-23-33(44-2)17-16-31(38-23)25-8-6-24(7-9-25)21-40(35(42)27-12-14-30(15-13-27)46-36(43)37-18-19-41)29-5-3-4-28(20-29)32-22-45-34(39-32)26-10-11-26/h3-5,16-17,20,22,24-27,30,41H,6-15,18-19,21H2,1-2H3,(H,37,43)/t24-,25-,27-,30-. The number of aliphatic hydroxyl groups excluding tert-OH is 1. The van der Waals surface area contributed by atoms with Gasteiger partial charge in [-0.2, -0.15) is 0 Å². The van der Waals surface area contributed by atoms with E-state index in [1.807, 2.05) is 36.1 Å². The van der Waals surface area contributed by atoms with E-state index in [4.69, 9.17) is 29.0 Å². The number of rotatable bonds is 11. The molecule has 2 heterocycles. The molecule has 3 fully saturated rings. The molecule has 1 aromatic carbocycles. The number of carbonyl (C=O) groups is 2. The zero-order valence-corrected chi connectivity index (χ0v) is 27.0. The number of carbonyl (C=O) groups excluding carboxylic acids is 2. The Labute approximate surface area is 270 Å². The lowest BCUT2D eigenvalue weighted by atomic mass is 9.79. The van der Waals surface area contributed by atoms with Gasteiger partial charge in [-0.05, 0) is 101 Å². The zero-order chi connectivity index (χ0) is 32.0. The van der Waals surface area contributed by atoms with Gasteiger partial charge in [0.15, 0.2) is 5.89 Å². The van der Waals surface area contributed by atoms with E-state index in [0.29, 0.717) is 50.0 Å². The van der Waals surface area contributed by atoms with Crippen LogP contribution in [0.15, 0.2) is 47.1 Å². The molecule has 0 aliphatic heterocycles. The summed E-state index contributed by atoms with van der Waals surface area (Å²) >= 11 is 0. The average Bonchev–Trinajstić information content (AvgIpc) is 3.82. The third-order valence-corrected chi connectivity index (χ3v) is 9.83. The van der Waals surface area contributed by atoms with E-state index < -0.39 is 6.09 Å². The second-order valence-corrected chi connectivity index (χ2v) is 13.1. The van der Waals surface area contributed by atoms with Crippen molar-refractivity contribution in [2.75, 3.05) is 31.7 Å². The summed E-state index contributed by atoms with van der Waals surface area (Å²) in [6.07, 6.45) is 9.96. The molecule has 3 aliphatic rings. The summed E-state index contributed by atoms with van der Waals surface area (Å²) in [7, 11) is 1.67. The van der Waals surface area contributed by atoms with Crippen LogP contribution in [0.25, 0.3) is 11.3 Å². The quantitative estimate of drug-likeness (QED) is 0.245. The van der Waals surface area contributed by atoms with Crippen molar-refractivity contribution >= 4 is 17.7 Å². The number of amides is 2. The van der Waals surface area contributed by atoms with Crippen LogP contribution in [0, 0.1) is 18.8 Å². The molecule has 246 valence electrons. The molecular formula is C36H46N4O6. The first-order valence-electron chi connectivity index (χ1n) is 16.9. The first kappa shape index (κ1) is 32.0. The molecule has 6 rings (SSSR count). The average molecular weight is 631 g/mol. The number of methoxy groups -OCH3 is 1. The number of benzene rings is 1. The Kier molecular flexibility index (Phi) is 10.2. The minimum atomic E-state index is -0.518. The summed E-state index contributed by atoms with van der Waals surface area (Å²) in [5, 5.41) is 11.5. The van der Waals surface area contributed by atoms with Crippen LogP contribution in [0.3, 0.4) is 0 Å². The van der Waals surface area contributed by atoms with Crippen LogP contribution >= 0.6 is 0 Å². The predicted molar refractivity (Wildman–Crippen MR) is 174 cm³/mol. The molecule has 46 heavy (non-hydrogen) atoms. The Bertz CT molecular complexity index is 1490. The molecule has 2 N–H and O–H groups in total. The van der Waals surface area contributed by atoms with Gasteiger partial charge in [0.05, 0.1) is 19.4 Å². The summed E-state index contributed by atoms with van der Waals surface area (Å²) in [5.41, 5.74) is 4.67. The van der Waals surface area contributed by atoms with E-state index in [1.54, 1.807) is 13.4 Å². The highest BCUT2D eigenvalue weighted by Gasteiger charge is 2.34. The van der Waals surface area contributed by atoms with Crippen molar-refractivity contribution in [3.63, 3.8) is 0 Å². The van der Waals surface area contributed by atoms with E-state index in [1.165, 1.54) is 0 Å². The number of aliphatic hydroxyl groups is 1. The van der Waals surface area contributed by atoms with Crippen LogP contribution in [0.1, 0.15) is 93.3 Å². The van der Waals surface area contributed by atoms with Gasteiger partial charge in [0, 0.05) is 47.8 Å². The van der Waals surface area contributed by atoms with Gasteiger partial charge in [0.1, 0.15) is 23.8 Å². The van der Waals surface area contributed by atoms with E-state index in [-0.39, 0.29) is 31.1 Å². The van der Waals surface area contributed by atoms with Crippen molar-refractivity contribution in [2.24, 2.45) is 11.8 Å². The Morgan fingerprint density at radius 1 is 0.978 bits per heavy atom. The molecule has 2 aromatic heterocycles. The molecule has 0 unspecified atom stereocenters. The van der Waals surface area contributed by atoms with Gasteiger partial charge in [-0.3, -0.25) is 9.78 Å². The smallest absolute Gasteiger partial charge is 0.407 e. The van der Waals surface area contributed by atoms with Crippen molar-refractivity contribution in [2.45, 2.75) is 89.1 Å². The number of nitrogens with zero attached hydrogens (tertiary/aromatic N) is 3. The van der Waals surface area contributed by atoms with Crippen molar-refractivity contribution in [3.8, 4) is 17.0 Å². The third kappa shape index (κ3) is 7.71. The molecule has 0 bridgehead atoms. The Morgan fingerprint density at radius 2 is 1.74 bits per heavy atom. The first-order valence-corrected chi connectivity index (χ1v) is 16.9. The van der Waals surface area contributed by atoms with Crippen molar-refractivity contribution < 1.29 is 28.6 Å². The zero-order valence-electron chi connectivity index (χ0n) is 27.0. The van der Waals surface area contributed by atoms with Gasteiger partial charge in [-0.1, -0.05) is 12.1 Å². The topological polar surface area (TPSA) is 127 Å². The Morgan fingerprint density at radius 3 is 2.43 bits per heavy atom. The second-order valence-electron chi connectivity index (χ2n) is 13.1. The first-order chi connectivity index (χ1) is 22.4. The number of anilines is 1. The van der Waals surface area contributed by atoms with E-state index in [2.05, 4.69) is 17.4 Å². The molecular weight excluding hydrogens is 584 g/mol. The molecule has 3 aromatic rings. The normalized spacial score (nSPS) is 23.0. The summed E-state index contributed by atoms with van der Waals surface area (Å²) in [6, 6.07) is 12.2. The molecule has 0 radical (unpaired) electrons. The Hall–Kier alpha value is -3.92. The number of alkyl carbamates (subject to hydrolysis) is 1. The lowest BCUT2D eigenvalue weighted by Gasteiger charge is -2.36. The van der Waals surface area contributed by atoms with Crippen molar-refractivity contribution in [1.29, 1.82) is 0 Å². The van der Waals surface area contributed by atoms with Crippen LogP contribution in [0.2, 0.25) is 0 Å². The highest BCUT2D eigenvalue weighted by molar-refractivity contribution is 5.95. The minimum absolute atomic E-state index is 0.133. The van der Waals surface area contributed by atoms with E-state index in [0.717, 1.165) is 78.5 Å². The number of ether oxygens (including phenoxy) is 2. The maximum Gasteiger partial charge on any atom is 0.407 e. The van der Waals surface area contributed by atoms with Crippen LogP contribution < -0.4 is 15.0 Å². The largest absolute Gasteiger partial charge is 0.495 e. The monoisotopic (exact) mass is 630 g/mol. The number of hydrogen-bond acceptors (Lipinski definition) is 8. The van der Waals surface area contributed by atoms with Gasteiger partial charge in [-0.25, -0.2) is 9.78 Å². The van der Waals surface area contributed by atoms with Crippen LogP contribution in [0.4, 0.5) is 10.5 Å². The number of pyridine rings is 1. The minimum Gasteiger partial charge on any atom is -0.495 e. The lowest BCUT2D eigenvalue weighted by molar-refractivity contribution is -0.124. The number of hydrogen-bond donors (Lipinski definition) is 2. The molecule has 2 amide bonds. The summed E-state index contributed by atoms with van der Waals surface area (Å²) < 4.78 is 16.7. The SMILES string of the molecule is COc1ccc([C@H]2CC[C@H](CN(c3cccc(-c4coc(C5CC5)n4)c3)C(=O)[C@H]3CC[C@H](OC(=O)NCCO)CC3)CC2)nc1C. The van der Waals surface area contributed by atoms with Crippen molar-refractivity contribution in [3.05, 3.63) is 59.9 Å². The highest BCUT2D eigenvalue weighted by atomic mass is 16.6. The van der Waals surface area contributed by atoms with Crippen LogP contribution in [-0.2, 0) is 9.53 Å². The fourth-order valence-electron chi connectivity index (χ4n) is 7.00. The lowest BCUT2D eigenvalue weighted by Crippen LogP contribution is -2.42. The molecule has 10 nitrogen and oxygen atoms in total. The van der Waals surface area contributed by atoms with Crippen LogP contribution in [0.5, 0.6) is 5.75 Å². The fourth-order valence-corrected chi connectivity index (χ4v) is 7.00. The molecule has 0 saturated heterocycles. The summed E-state index contributed by atoms with van der Waals surface area (Å²) in [5.74, 6) is 2.83.